The Morgan fingerprint density at radius 2 is 1.77 bits per heavy atom. The van der Waals surface area contributed by atoms with Gasteiger partial charge in [-0.05, 0) is 66.1 Å². The smallest absolute Gasteiger partial charge is 0.262 e. The average Bonchev–Trinajstić information content (AvgIpc) is 2.75. The summed E-state index contributed by atoms with van der Waals surface area (Å²) in [4.78, 5) is 12.1. The minimum absolute atomic E-state index is 0.214. The average molecular weight is 472 g/mol. The summed E-state index contributed by atoms with van der Waals surface area (Å²) in [6.45, 7) is 1.67. The molecule has 3 aromatic carbocycles. The third-order valence-corrected chi connectivity index (χ3v) is 5.31. The fraction of sp³-hybridized carbons (Fsp3) is 0.0833. The first-order valence-corrected chi connectivity index (χ1v) is 10.3. The van der Waals surface area contributed by atoms with E-state index in [4.69, 9.17) is 39.5 Å². The van der Waals surface area contributed by atoms with Crippen LogP contribution in [0.5, 0.6) is 5.75 Å². The van der Waals surface area contributed by atoms with Crippen molar-refractivity contribution in [2.75, 3.05) is 11.9 Å². The van der Waals surface area contributed by atoms with Gasteiger partial charge in [0.2, 0.25) is 0 Å². The maximum atomic E-state index is 12.1. The number of carbonyl (C=O) groups excluding carboxylic acids is 1. The molecule has 31 heavy (non-hydrogen) atoms. The molecule has 0 radical (unpaired) electrons. The fourth-order valence-corrected chi connectivity index (χ4v) is 3.26. The van der Waals surface area contributed by atoms with Gasteiger partial charge in [0.1, 0.15) is 5.75 Å². The van der Waals surface area contributed by atoms with E-state index in [1.54, 1.807) is 60.7 Å². The minimum Gasteiger partial charge on any atom is -0.482 e. The van der Waals surface area contributed by atoms with E-state index in [0.717, 1.165) is 16.7 Å². The Morgan fingerprint density at radius 3 is 2.42 bits per heavy atom. The van der Waals surface area contributed by atoms with Crippen LogP contribution in [0.15, 0.2) is 60.7 Å². The number of hydrogen-bond acceptors (Lipinski definition) is 3. The van der Waals surface area contributed by atoms with E-state index < -0.39 is 0 Å². The van der Waals surface area contributed by atoms with Crippen molar-refractivity contribution in [2.24, 2.45) is 0 Å². The lowest BCUT2D eigenvalue weighted by atomic mass is 10.0. The molecule has 4 nitrogen and oxygen atoms in total. The van der Waals surface area contributed by atoms with Crippen molar-refractivity contribution in [3.63, 3.8) is 0 Å². The summed E-state index contributed by atoms with van der Waals surface area (Å²) in [5.41, 5.74) is 3.45. The number of halogens is 3. The van der Waals surface area contributed by atoms with Gasteiger partial charge in [-0.1, -0.05) is 59.1 Å². The zero-order valence-corrected chi connectivity index (χ0v) is 18.7. The lowest BCUT2D eigenvalue weighted by molar-refractivity contribution is -0.118. The van der Waals surface area contributed by atoms with Gasteiger partial charge in [0.15, 0.2) is 6.61 Å². The predicted molar refractivity (Wildman–Crippen MR) is 127 cm³/mol. The molecule has 0 heterocycles. The number of nitrogens with one attached hydrogen (secondary N) is 1. The molecule has 0 aliphatic heterocycles. The minimum atomic E-state index is -0.338. The van der Waals surface area contributed by atoms with Crippen molar-refractivity contribution < 1.29 is 9.53 Å². The second kappa shape index (κ2) is 10.4. The molecule has 0 aromatic heterocycles. The highest BCUT2D eigenvalue weighted by Crippen LogP contribution is 2.28. The number of amides is 1. The van der Waals surface area contributed by atoms with E-state index in [2.05, 4.69) is 11.4 Å². The van der Waals surface area contributed by atoms with Crippen LogP contribution in [0.2, 0.25) is 15.1 Å². The summed E-state index contributed by atoms with van der Waals surface area (Å²) in [6.07, 6.45) is 1.72. The van der Waals surface area contributed by atoms with Gasteiger partial charge in [-0.25, -0.2) is 0 Å². The summed E-state index contributed by atoms with van der Waals surface area (Å²) in [5, 5.41) is 13.7. The standard InChI is InChI=1S/C24H17Cl3N2O2/c1-15-2-8-20(12-21(15)26)29-24(30)14-31-23-9-3-16(11-22(23)27)10-18(13-28)17-4-6-19(25)7-5-17/h2-12H,14H2,1H3,(H,29,30)/b18-10+. The van der Waals surface area contributed by atoms with Crippen LogP contribution in [0.4, 0.5) is 5.69 Å². The normalized spacial score (nSPS) is 11.0. The molecule has 1 N–H and O–H groups in total. The van der Waals surface area contributed by atoms with E-state index in [1.165, 1.54) is 0 Å². The second-order valence-corrected chi connectivity index (χ2v) is 7.92. The van der Waals surface area contributed by atoms with Crippen molar-refractivity contribution in [2.45, 2.75) is 6.92 Å². The molecular formula is C24H17Cl3N2O2. The molecule has 0 aliphatic rings. The molecule has 0 aliphatic carbocycles. The van der Waals surface area contributed by atoms with Gasteiger partial charge in [0, 0.05) is 15.7 Å². The van der Waals surface area contributed by atoms with E-state index in [1.807, 2.05) is 13.0 Å². The maximum absolute atomic E-state index is 12.1. The number of aryl methyl sites for hydroxylation is 1. The van der Waals surface area contributed by atoms with Gasteiger partial charge < -0.3 is 10.1 Å². The van der Waals surface area contributed by atoms with Gasteiger partial charge in [0.05, 0.1) is 16.7 Å². The number of benzene rings is 3. The highest BCUT2D eigenvalue weighted by atomic mass is 35.5. The Hall–Kier alpha value is -2.97. The summed E-state index contributed by atoms with van der Waals surface area (Å²) < 4.78 is 5.53. The number of carbonyl (C=O) groups is 1. The van der Waals surface area contributed by atoms with E-state index in [-0.39, 0.29) is 12.5 Å². The van der Waals surface area contributed by atoms with Crippen LogP contribution in [-0.2, 0) is 4.79 Å². The topological polar surface area (TPSA) is 62.1 Å². The molecule has 0 fully saturated rings. The lowest BCUT2D eigenvalue weighted by Crippen LogP contribution is -2.20. The molecule has 0 saturated carbocycles. The highest BCUT2D eigenvalue weighted by molar-refractivity contribution is 6.32. The van der Waals surface area contributed by atoms with Gasteiger partial charge in [-0.2, -0.15) is 5.26 Å². The van der Waals surface area contributed by atoms with Crippen LogP contribution in [0.3, 0.4) is 0 Å². The van der Waals surface area contributed by atoms with E-state index >= 15 is 0 Å². The van der Waals surface area contributed by atoms with Gasteiger partial charge in [-0.3, -0.25) is 4.79 Å². The van der Waals surface area contributed by atoms with E-state index in [0.29, 0.717) is 32.1 Å². The van der Waals surface area contributed by atoms with Crippen LogP contribution in [0.1, 0.15) is 16.7 Å². The summed E-state index contributed by atoms with van der Waals surface area (Å²) in [5.74, 6) is 0.0235. The molecule has 1 amide bonds. The van der Waals surface area contributed by atoms with E-state index in [9.17, 15) is 10.1 Å². The Kier molecular flexibility index (Phi) is 7.59. The predicted octanol–water partition coefficient (Wildman–Crippen LogP) is 7.04. The summed E-state index contributed by atoms with van der Waals surface area (Å²) in [7, 11) is 0. The lowest BCUT2D eigenvalue weighted by Gasteiger charge is -2.10. The molecular weight excluding hydrogens is 455 g/mol. The molecule has 156 valence electrons. The number of rotatable bonds is 6. The molecule has 0 saturated heterocycles. The Morgan fingerprint density at radius 1 is 1.03 bits per heavy atom. The SMILES string of the molecule is Cc1ccc(NC(=O)COc2ccc(/C=C(\C#N)c3ccc(Cl)cc3)cc2Cl)cc1Cl. The first-order chi connectivity index (χ1) is 14.9. The number of ether oxygens (including phenoxy) is 1. The zero-order valence-electron chi connectivity index (χ0n) is 16.5. The number of allylic oxidation sites excluding steroid dienone is 1. The van der Waals surface area contributed by atoms with Gasteiger partial charge >= 0.3 is 0 Å². The zero-order chi connectivity index (χ0) is 22.4. The monoisotopic (exact) mass is 470 g/mol. The van der Waals surface area contributed by atoms with Crippen LogP contribution < -0.4 is 10.1 Å². The number of anilines is 1. The maximum Gasteiger partial charge on any atom is 0.262 e. The quantitative estimate of drug-likeness (QED) is 0.310. The number of nitriles is 1. The van der Waals surface area contributed by atoms with Crippen LogP contribution in [0, 0.1) is 18.3 Å². The first kappa shape index (κ1) is 22.7. The van der Waals surface area contributed by atoms with Crippen LogP contribution in [-0.4, -0.2) is 12.5 Å². The largest absolute Gasteiger partial charge is 0.482 e. The summed E-state index contributed by atoms with van der Waals surface area (Å²) >= 11 is 18.3. The van der Waals surface area contributed by atoms with Crippen molar-refractivity contribution >= 4 is 58.0 Å². The molecule has 0 atom stereocenters. The fourth-order valence-electron chi connectivity index (χ4n) is 2.71. The highest BCUT2D eigenvalue weighted by Gasteiger charge is 2.09. The first-order valence-electron chi connectivity index (χ1n) is 9.22. The van der Waals surface area contributed by atoms with Gasteiger partial charge in [0.25, 0.3) is 5.91 Å². The molecule has 3 aromatic rings. The van der Waals surface area contributed by atoms with Crippen LogP contribution in [0.25, 0.3) is 11.6 Å². The third kappa shape index (κ3) is 6.26. The van der Waals surface area contributed by atoms with Crippen molar-refractivity contribution in [1.29, 1.82) is 5.26 Å². The molecule has 0 spiro atoms. The van der Waals surface area contributed by atoms with Crippen LogP contribution >= 0.6 is 34.8 Å². The summed E-state index contributed by atoms with van der Waals surface area (Å²) in [6, 6.07) is 19.5. The molecule has 0 bridgehead atoms. The number of hydrogen-bond donors (Lipinski definition) is 1. The van der Waals surface area contributed by atoms with Crippen molar-refractivity contribution in [3.05, 3.63) is 92.4 Å². The van der Waals surface area contributed by atoms with Gasteiger partial charge in [-0.15, -0.1) is 0 Å². The van der Waals surface area contributed by atoms with Crippen molar-refractivity contribution in [1.82, 2.24) is 0 Å². The Labute approximate surface area is 195 Å². The Balaban J connectivity index is 1.66. The molecule has 3 rings (SSSR count). The van der Waals surface area contributed by atoms with Crippen molar-refractivity contribution in [3.8, 4) is 11.8 Å². The molecule has 0 unspecified atom stereocenters. The third-order valence-electron chi connectivity index (χ3n) is 4.36. The Bertz CT molecular complexity index is 1180. The second-order valence-electron chi connectivity index (χ2n) is 6.67. The number of nitrogens with zero attached hydrogens (tertiary/aromatic N) is 1. The molecule has 7 heteroatoms.